The Kier molecular flexibility index (Phi) is 6.89. The molecular weight excluding hydrogens is 486 g/mol. The summed E-state index contributed by atoms with van der Waals surface area (Å²) in [5.74, 6) is 1.55. The third kappa shape index (κ3) is 5.32. The number of nitrogens with two attached hydrogens (primary N) is 1. The third-order valence-corrected chi connectivity index (χ3v) is 6.98. The first-order valence-electron chi connectivity index (χ1n) is 11.9. The molecule has 188 valence electrons. The molecule has 0 spiro atoms. The zero-order chi connectivity index (χ0) is 25.8. The highest BCUT2D eigenvalue weighted by molar-refractivity contribution is 7.89. The van der Waals surface area contributed by atoms with Gasteiger partial charge in [-0.25, -0.2) is 23.5 Å². The zero-order valence-corrected chi connectivity index (χ0v) is 21.2. The molecule has 3 aromatic carbocycles. The van der Waals surface area contributed by atoms with Crippen LogP contribution in [0.1, 0.15) is 12.5 Å². The fourth-order valence-corrected chi connectivity index (χ4v) is 4.79. The van der Waals surface area contributed by atoms with Crippen LogP contribution in [0.3, 0.4) is 0 Å². The summed E-state index contributed by atoms with van der Waals surface area (Å²) in [4.78, 5) is 9.30. The summed E-state index contributed by atoms with van der Waals surface area (Å²) in [6, 6.07) is 24.7. The van der Waals surface area contributed by atoms with E-state index in [1.807, 2.05) is 49.4 Å². The van der Waals surface area contributed by atoms with E-state index >= 15 is 0 Å². The Morgan fingerprint density at radius 2 is 1.68 bits per heavy atom. The van der Waals surface area contributed by atoms with E-state index in [1.54, 1.807) is 18.5 Å². The number of sulfonamides is 1. The van der Waals surface area contributed by atoms with Gasteiger partial charge in [-0.3, -0.25) is 0 Å². The van der Waals surface area contributed by atoms with Crippen LogP contribution >= 0.6 is 0 Å². The molecule has 2 heterocycles. The predicted octanol–water partition coefficient (Wildman–Crippen LogP) is 4.79. The van der Waals surface area contributed by atoms with Crippen molar-refractivity contribution in [1.29, 1.82) is 0 Å². The highest BCUT2D eigenvalue weighted by Crippen LogP contribution is 2.35. The van der Waals surface area contributed by atoms with Crippen LogP contribution in [0.4, 0.5) is 5.82 Å². The van der Waals surface area contributed by atoms with Gasteiger partial charge in [0.25, 0.3) is 0 Å². The summed E-state index contributed by atoms with van der Waals surface area (Å²) < 4.78 is 30.7. The molecule has 5 rings (SSSR count). The summed E-state index contributed by atoms with van der Waals surface area (Å²) in [6.45, 7) is 3.18. The number of primary sulfonamides is 1. The Bertz CT molecular complexity index is 1620. The van der Waals surface area contributed by atoms with E-state index in [0.29, 0.717) is 19.6 Å². The maximum Gasteiger partial charge on any atom is 0.238 e. The molecule has 0 aliphatic rings. The van der Waals surface area contributed by atoms with Crippen LogP contribution in [0.15, 0.2) is 96.3 Å². The first kappa shape index (κ1) is 24.5. The summed E-state index contributed by atoms with van der Waals surface area (Å²) in [6.07, 6.45) is 4.32. The minimum absolute atomic E-state index is 0.102. The topological polar surface area (TPSA) is 112 Å². The fraction of sp³-hybridized carbons (Fsp3) is 0.143. The second-order valence-electron chi connectivity index (χ2n) is 8.49. The van der Waals surface area contributed by atoms with Crippen molar-refractivity contribution >= 4 is 26.9 Å². The molecule has 8 nitrogen and oxygen atoms in total. The maximum absolute atomic E-state index is 11.5. The SMILES string of the molecule is CCOc1ccc(-n2cc(-c3ccccc3)c3c(NCCc4ccc(S(N)(=O)=O)cc4)ncnc32)cc1. The van der Waals surface area contributed by atoms with Crippen LogP contribution in [0.25, 0.3) is 27.8 Å². The number of fused-ring (bicyclic) bond motifs is 1. The molecule has 37 heavy (non-hydrogen) atoms. The second-order valence-corrected chi connectivity index (χ2v) is 10.1. The smallest absolute Gasteiger partial charge is 0.238 e. The summed E-state index contributed by atoms with van der Waals surface area (Å²) in [7, 11) is -3.71. The molecule has 0 saturated carbocycles. The summed E-state index contributed by atoms with van der Waals surface area (Å²) >= 11 is 0. The van der Waals surface area contributed by atoms with Gasteiger partial charge in [0.2, 0.25) is 10.0 Å². The van der Waals surface area contributed by atoms with Gasteiger partial charge in [0, 0.05) is 24.0 Å². The van der Waals surface area contributed by atoms with Crippen molar-refractivity contribution in [3.63, 3.8) is 0 Å². The number of hydrogen-bond donors (Lipinski definition) is 2. The lowest BCUT2D eigenvalue weighted by molar-refractivity contribution is 0.340. The average molecular weight is 514 g/mol. The lowest BCUT2D eigenvalue weighted by atomic mass is 10.1. The molecule has 0 aliphatic heterocycles. The van der Waals surface area contributed by atoms with Gasteiger partial charge < -0.3 is 14.6 Å². The van der Waals surface area contributed by atoms with Crippen LogP contribution in [0.5, 0.6) is 5.75 Å². The Morgan fingerprint density at radius 1 is 0.946 bits per heavy atom. The van der Waals surface area contributed by atoms with Crippen LogP contribution in [-0.4, -0.2) is 36.1 Å². The first-order valence-corrected chi connectivity index (χ1v) is 13.5. The van der Waals surface area contributed by atoms with Crippen LogP contribution in [0.2, 0.25) is 0 Å². The number of ether oxygens (including phenoxy) is 1. The normalized spacial score (nSPS) is 11.5. The van der Waals surface area contributed by atoms with E-state index in [2.05, 4.69) is 38.2 Å². The molecule has 0 aliphatic carbocycles. The Labute approximate surface area is 215 Å². The van der Waals surface area contributed by atoms with Gasteiger partial charge >= 0.3 is 0 Å². The first-order chi connectivity index (χ1) is 17.9. The monoisotopic (exact) mass is 513 g/mol. The number of hydrogen-bond acceptors (Lipinski definition) is 6. The Hall–Kier alpha value is -4.21. The van der Waals surface area contributed by atoms with Crippen molar-refractivity contribution in [3.8, 4) is 22.6 Å². The van der Waals surface area contributed by atoms with Gasteiger partial charge in [-0.15, -0.1) is 0 Å². The fourth-order valence-electron chi connectivity index (χ4n) is 4.27. The maximum atomic E-state index is 11.5. The minimum atomic E-state index is -3.71. The lowest BCUT2D eigenvalue weighted by Gasteiger charge is -2.10. The number of rotatable bonds is 9. The van der Waals surface area contributed by atoms with Gasteiger partial charge in [-0.1, -0.05) is 42.5 Å². The van der Waals surface area contributed by atoms with Crippen molar-refractivity contribution in [2.24, 2.45) is 5.14 Å². The van der Waals surface area contributed by atoms with Gasteiger partial charge in [0.15, 0.2) is 5.65 Å². The zero-order valence-electron chi connectivity index (χ0n) is 20.3. The quantitative estimate of drug-likeness (QED) is 0.293. The predicted molar refractivity (Wildman–Crippen MR) is 145 cm³/mol. The molecule has 3 N–H and O–H groups in total. The van der Waals surface area contributed by atoms with Crippen LogP contribution in [0, 0.1) is 0 Å². The molecule has 0 saturated heterocycles. The summed E-state index contributed by atoms with van der Waals surface area (Å²) in [5.41, 5.74) is 4.83. The molecule has 0 radical (unpaired) electrons. The Balaban J connectivity index is 1.48. The second kappa shape index (κ2) is 10.4. The van der Waals surface area contributed by atoms with Crippen molar-refractivity contribution in [2.75, 3.05) is 18.5 Å². The lowest BCUT2D eigenvalue weighted by Crippen LogP contribution is -2.12. The van der Waals surface area contributed by atoms with E-state index in [-0.39, 0.29) is 4.90 Å². The molecule has 0 amide bonds. The molecule has 9 heteroatoms. The van der Waals surface area contributed by atoms with Gasteiger partial charge in [0.1, 0.15) is 17.9 Å². The van der Waals surface area contributed by atoms with Crippen molar-refractivity contribution in [2.45, 2.75) is 18.2 Å². The number of nitrogens with zero attached hydrogens (tertiary/aromatic N) is 3. The summed E-state index contributed by atoms with van der Waals surface area (Å²) in [5, 5.41) is 9.58. The van der Waals surface area contributed by atoms with E-state index in [0.717, 1.165) is 45.0 Å². The average Bonchev–Trinajstić information content (AvgIpc) is 3.30. The Morgan fingerprint density at radius 3 is 2.35 bits per heavy atom. The molecule has 0 bridgehead atoms. The number of benzene rings is 3. The third-order valence-electron chi connectivity index (χ3n) is 6.05. The van der Waals surface area contributed by atoms with E-state index < -0.39 is 10.0 Å². The largest absolute Gasteiger partial charge is 0.494 e. The van der Waals surface area contributed by atoms with Crippen molar-refractivity contribution < 1.29 is 13.2 Å². The van der Waals surface area contributed by atoms with Crippen molar-refractivity contribution in [3.05, 3.63) is 97.0 Å². The number of aromatic nitrogens is 3. The molecule has 0 atom stereocenters. The molecule has 0 unspecified atom stereocenters. The number of anilines is 1. The van der Waals surface area contributed by atoms with Gasteiger partial charge in [-0.05, 0) is 60.9 Å². The van der Waals surface area contributed by atoms with E-state index in [9.17, 15) is 8.42 Å². The molecule has 0 fully saturated rings. The number of nitrogens with one attached hydrogen (secondary N) is 1. The highest BCUT2D eigenvalue weighted by Gasteiger charge is 2.17. The molecule has 2 aromatic heterocycles. The van der Waals surface area contributed by atoms with Gasteiger partial charge in [0.05, 0.1) is 16.9 Å². The van der Waals surface area contributed by atoms with E-state index in [1.165, 1.54) is 12.1 Å². The molecule has 5 aromatic rings. The van der Waals surface area contributed by atoms with Crippen LogP contribution < -0.4 is 15.2 Å². The molecular formula is C28H27N5O3S. The highest BCUT2D eigenvalue weighted by atomic mass is 32.2. The minimum Gasteiger partial charge on any atom is -0.494 e. The van der Waals surface area contributed by atoms with Crippen molar-refractivity contribution in [1.82, 2.24) is 14.5 Å². The van der Waals surface area contributed by atoms with Crippen LogP contribution in [-0.2, 0) is 16.4 Å². The van der Waals surface area contributed by atoms with Gasteiger partial charge in [-0.2, -0.15) is 0 Å². The standard InChI is InChI=1S/C28H27N5O3S/c1-2-36-23-12-10-22(11-13-23)33-18-25(21-6-4-3-5-7-21)26-27(31-19-32-28(26)33)30-17-16-20-8-14-24(15-9-20)37(29,34)35/h3-15,18-19H,2,16-17H2,1H3,(H2,29,34,35)(H,30,31,32). The van der Waals surface area contributed by atoms with E-state index in [4.69, 9.17) is 9.88 Å².